The van der Waals surface area contributed by atoms with Crippen molar-refractivity contribution < 1.29 is 9.21 Å². The molecule has 0 bridgehead atoms. The molecule has 22 heavy (non-hydrogen) atoms. The first-order valence-corrected chi connectivity index (χ1v) is 7.40. The van der Waals surface area contributed by atoms with Gasteiger partial charge in [-0.05, 0) is 32.1 Å². The van der Waals surface area contributed by atoms with Crippen LogP contribution in [0.3, 0.4) is 0 Å². The molecule has 120 valence electrons. The molecular formula is C16H24N4O2. The number of nitrogens with zero attached hydrogens (tertiary/aromatic N) is 3. The molecule has 0 aliphatic carbocycles. The fourth-order valence-electron chi connectivity index (χ4n) is 2.32. The lowest BCUT2D eigenvalue weighted by Crippen LogP contribution is -2.33. The summed E-state index contributed by atoms with van der Waals surface area (Å²) in [6, 6.07) is 3.39. The summed E-state index contributed by atoms with van der Waals surface area (Å²) in [6.07, 6.45) is 3.61. The van der Waals surface area contributed by atoms with Crippen LogP contribution in [-0.4, -0.2) is 34.5 Å². The lowest BCUT2D eigenvalue weighted by atomic mass is 10.0. The van der Waals surface area contributed by atoms with Crippen molar-refractivity contribution in [1.82, 2.24) is 19.8 Å². The number of carbonyl (C=O) groups excluding carboxylic acids is 1. The van der Waals surface area contributed by atoms with Crippen molar-refractivity contribution in [2.24, 2.45) is 13.0 Å². The number of amides is 1. The quantitative estimate of drug-likeness (QED) is 0.888. The normalized spacial score (nSPS) is 12.9. The van der Waals surface area contributed by atoms with E-state index in [-0.39, 0.29) is 17.9 Å². The van der Waals surface area contributed by atoms with Gasteiger partial charge in [-0.2, -0.15) is 0 Å². The average molecular weight is 304 g/mol. The zero-order valence-electron chi connectivity index (χ0n) is 13.8. The Balaban J connectivity index is 2.12. The minimum absolute atomic E-state index is 0.158. The van der Waals surface area contributed by atoms with Gasteiger partial charge >= 0.3 is 0 Å². The topological polar surface area (TPSA) is 63.3 Å². The van der Waals surface area contributed by atoms with Gasteiger partial charge in [-0.3, -0.25) is 4.79 Å². The second kappa shape index (κ2) is 6.79. The molecule has 0 aliphatic rings. The third-order valence-corrected chi connectivity index (χ3v) is 3.45. The number of imidazole rings is 1. The van der Waals surface area contributed by atoms with Crippen molar-refractivity contribution in [2.45, 2.75) is 26.4 Å². The highest BCUT2D eigenvalue weighted by molar-refractivity contribution is 5.91. The number of nitrogens with one attached hydrogen (secondary N) is 1. The Morgan fingerprint density at radius 2 is 2.14 bits per heavy atom. The summed E-state index contributed by atoms with van der Waals surface area (Å²) in [5.74, 6) is 1.95. The lowest BCUT2D eigenvalue weighted by Gasteiger charge is -2.21. The molecule has 6 nitrogen and oxygen atoms in total. The molecule has 6 heteroatoms. The van der Waals surface area contributed by atoms with E-state index in [1.807, 2.05) is 42.9 Å². The van der Waals surface area contributed by atoms with Crippen LogP contribution in [0.2, 0.25) is 0 Å². The summed E-state index contributed by atoms with van der Waals surface area (Å²) in [7, 11) is 5.84. The van der Waals surface area contributed by atoms with Gasteiger partial charge in [-0.15, -0.1) is 0 Å². The van der Waals surface area contributed by atoms with Crippen molar-refractivity contribution in [2.75, 3.05) is 14.1 Å². The number of aryl methyl sites for hydroxylation is 1. The van der Waals surface area contributed by atoms with Crippen molar-refractivity contribution >= 4 is 5.91 Å². The SMILES string of the molecule is CC(C)C(NC(=O)c1ccc(CN(C)C)o1)c1nccn1C. The van der Waals surface area contributed by atoms with Crippen LogP contribution in [0.25, 0.3) is 0 Å². The fourth-order valence-corrected chi connectivity index (χ4v) is 2.32. The summed E-state index contributed by atoms with van der Waals surface area (Å²) in [5, 5.41) is 3.01. The molecule has 0 spiro atoms. The Morgan fingerprint density at radius 1 is 1.41 bits per heavy atom. The standard InChI is InChI=1S/C16H24N4O2/c1-11(2)14(15-17-8-9-20(15)5)18-16(21)13-7-6-12(22-13)10-19(3)4/h6-9,11,14H,10H2,1-5H3,(H,18,21). The minimum atomic E-state index is -0.216. The van der Waals surface area contributed by atoms with Crippen LogP contribution in [0.15, 0.2) is 28.9 Å². The summed E-state index contributed by atoms with van der Waals surface area (Å²) in [6.45, 7) is 4.78. The van der Waals surface area contributed by atoms with E-state index < -0.39 is 0 Å². The van der Waals surface area contributed by atoms with Crippen LogP contribution in [-0.2, 0) is 13.6 Å². The van der Waals surface area contributed by atoms with Crippen molar-refractivity contribution in [3.8, 4) is 0 Å². The van der Waals surface area contributed by atoms with Gasteiger partial charge < -0.3 is 19.2 Å². The number of carbonyl (C=O) groups is 1. The van der Waals surface area contributed by atoms with Crippen molar-refractivity contribution in [1.29, 1.82) is 0 Å². The molecule has 0 saturated heterocycles. The van der Waals surface area contributed by atoms with Gasteiger partial charge in [-0.25, -0.2) is 4.98 Å². The predicted molar refractivity (Wildman–Crippen MR) is 84.4 cm³/mol. The maximum atomic E-state index is 12.4. The summed E-state index contributed by atoms with van der Waals surface area (Å²) < 4.78 is 7.52. The van der Waals surface area contributed by atoms with E-state index in [9.17, 15) is 4.79 Å². The molecule has 2 rings (SSSR count). The molecule has 1 amide bonds. The molecule has 2 aromatic rings. The highest BCUT2D eigenvalue weighted by Crippen LogP contribution is 2.20. The van der Waals surface area contributed by atoms with Crippen LogP contribution < -0.4 is 5.32 Å². The van der Waals surface area contributed by atoms with Crippen LogP contribution in [0, 0.1) is 5.92 Å². The maximum Gasteiger partial charge on any atom is 0.287 e. The first-order chi connectivity index (χ1) is 10.4. The molecule has 0 fully saturated rings. The highest BCUT2D eigenvalue weighted by Gasteiger charge is 2.24. The van der Waals surface area contributed by atoms with Crippen LogP contribution in [0.1, 0.15) is 42.0 Å². The second-order valence-corrected chi connectivity index (χ2v) is 6.10. The Morgan fingerprint density at radius 3 is 2.68 bits per heavy atom. The lowest BCUT2D eigenvalue weighted by molar-refractivity contribution is 0.0891. The van der Waals surface area contributed by atoms with Gasteiger partial charge in [0.2, 0.25) is 0 Å². The highest BCUT2D eigenvalue weighted by atomic mass is 16.4. The summed E-state index contributed by atoms with van der Waals surface area (Å²) in [5.41, 5.74) is 0. The van der Waals surface area contributed by atoms with Crippen LogP contribution in [0.5, 0.6) is 0 Å². The number of aromatic nitrogens is 2. The largest absolute Gasteiger partial charge is 0.455 e. The van der Waals surface area contributed by atoms with Crippen LogP contribution in [0.4, 0.5) is 0 Å². The number of furan rings is 1. The van der Waals surface area contributed by atoms with E-state index in [1.165, 1.54) is 0 Å². The molecule has 1 unspecified atom stereocenters. The first-order valence-electron chi connectivity index (χ1n) is 7.40. The Bertz CT molecular complexity index is 628. The number of hydrogen-bond donors (Lipinski definition) is 1. The van der Waals surface area contributed by atoms with Crippen LogP contribution >= 0.6 is 0 Å². The van der Waals surface area contributed by atoms with E-state index >= 15 is 0 Å². The zero-order chi connectivity index (χ0) is 16.3. The molecule has 0 saturated carbocycles. The van der Waals surface area contributed by atoms with E-state index in [1.54, 1.807) is 12.3 Å². The maximum absolute atomic E-state index is 12.4. The Kier molecular flexibility index (Phi) is 5.03. The monoisotopic (exact) mass is 304 g/mol. The van der Waals surface area contributed by atoms with Crippen molar-refractivity contribution in [3.63, 3.8) is 0 Å². The summed E-state index contributed by atoms with van der Waals surface area (Å²) >= 11 is 0. The molecule has 2 heterocycles. The van der Waals surface area contributed by atoms with Gasteiger partial charge in [0.05, 0.1) is 12.6 Å². The van der Waals surface area contributed by atoms with Crippen molar-refractivity contribution in [3.05, 3.63) is 41.9 Å². The third kappa shape index (κ3) is 3.76. The van der Waals surface area contributed by atoms with E-state index in [4.69, 9.17) is 4.42 Å². The molecule has 0 aliphatic heterocycles. The molecule has 0 aromatic carbocycles. The second-order valence-electron chi connectivity index (χ2n) is 6.10. The van der Waals surface area contributed by atoms with Gasteiger partial charge in [0, 0.05) is 19.4 Å². The molecule has 2 aromatic heterocycles. The molecule has 0 radical (unpaired) electrons. The van der Waals surface area contributed by atoms with E-state index in [0.29, 0.717) is 12.3 Å². The Hall–Kier alpha value is -2.08. The molecule has 1 N–H and O–H groups in total. The van der Waals surface area contributed by atoms with Gasteiger partial charge in [0.15, 0.2) is 5.76 Å². The minimum Gasteiger partial charge on any atom is -0.455 e. The number of hydrogen-bond acceptors (Lipinski definition) is 4. The Labute approximate surface area is 131 Å². The third-order valence-electron chi connectivity index (χ3n) is 3.45. The van der Waals surface area contributed by atoms with Gasteiger partial charge in [0.25, 0.3) is 5.91 Å². The summed E-state index contributed by atoms with van der Waals surface area (Å²) in [4.78, 5) is 18.7. The average Bonchev–Trinajstić information content (AvgIpc) is 3.04. The van der Waals surface area contributed by atoms with E-state index in [0.717, 1.165) is 11.6 Å². The first kappa shape index (κ1) is 16.3. The molecular weight excluding hydrogens is 280 g/mol. The zero-order valence-corrected chi connectivity index (χ0v) is 13.8. The fraction of sp³-hybridized carbons (Fsp3) is 0.500. The molecule has 1 atom stereocenters. The van der Waals surface area contributed by atoms with Gasteiger partial charge in [-0.1, -0.05) is 13.8 Å². The smallest absolute Gasteiger partial charge is 0.287 e. The van der Waals surface area contributed by atoms with E-state index in [2.05, 4.69) is 24.1 Å². The number of rotatable bonds is 6. The van der Waals surface area contributed by atoms with Gasteiger partial charge in [0.1, 0.15) is 11.6 Å². The predicted octanol–water partition coefficient (Wildman–Crippen LogP) is 2.20.